The van der Waals surface area contributed by atoms with Gasteiger partial charge in [-0.05, 0) is 12.7 Å². The summed E-state index contributed by atoms with van der Waals surface area (Å²) in [5.41, 5.74) is 9.61. The van der Waals surface area contributed by atoms with E-state index in [1.54, 1.807) is 0 Å². The molecule has 176 valence electrons. The van der Waals surface area contributed by atoms with Crippen molar-refractivity contribution in [1.29, 1.82) is 0 Å². The molecule has 1 fully saturated rings. The Hall–Kier alpha value is -1.50. The zero-order valence-corrected chi connectivity index (χ0v) is 16.9. The second kappa shape index (κ2) is 11.2. The smallest absolute Gasteiger partial charge is 0.480 e. The van der Waals surface area contributed by atoms with Gasteiger partial charge in [0.05, 0.1) is 0 Å². The van der Waals surface area contributed by atoms with Crippen LogP contribution in [0.2, 0.25) is 6.32 Å². The summed E-state index contributed by atoms with van der Waals surface area (Å²) in [6.45, 7) is -0.0908. The van der Waals surface area contributed by atoms with Crippen LogP contribution in [0.15, 0.2) is 0 Å². The minimum Gasteiger partial charge on any atom is -0.480 e. The maximum Gasteiger partial charge on any atom is 0.490 e. The van der Waals surface area contributed by atoms with Gasteiger partial charge >= 0.3 is 25.2 Å². The van der Waals surface area contributed by atoms with Gasteiger partial charge in [-0.25, -0.2) is 4.79 Å². The van der Waals surface area contributed by atoms with Crippen molar-refractivity contribution in [1.82, 2.24) is 8.61 Å². The van der Waals surface area contributed by atoms with Crippen LogP contribution in [-0.4, -0.2) is 101 Å². The fourth-order valence-electron chi connectivity index (χ4n) is 2.70. The average Bonchev–Trinajstić information content (AvgIpc) is 2.93. The average molecular weight is 466 g/mol. The number of nitrogens with zero attached hydrogens (tertiary/aromatic N) is 2. The van der Waals surface area contributed by atoms with Crippen molar-refractivity contribution in [2.24, 2.45) is 17.4 Å². The van der Waals surface area contributed by atoms with Crippen molar-refractivity contribution < 1.29 is 51.4 Å². The van der Waals surface area contributed by atoms with Crippen LogP contribution in [0.5, 0.6) is 0 Å². The molecular formula is C13H26BF3N4O8S. The first kappa shape index (κ1) is 28.5. The number of nitrogens with two attached hydrogens (primary N) is 2. The summed E-state index contributed by atoms with van der Waals surface area (Å²) in [4.78, 5) is 20.4. The molecule has 1 aliphatic rings. The van der Waals surface area contributed by atoms with Crippen LogP contribution in [0, 0.1) is 5.92 Å². The van der Waals surface area contributed by atoms with E-state index in [9.17, 15) is 31.5 Å². The highest BCUT2D eigenvalue weighted by atomic mass is 32.2. The van der Waals surface area contributed by atoms with Gasteiger partial charge in [-0.2, -0.15) is 30.2 Å². The number of carbonyl (C=O) groups is 2. The van der Waals surface area contributed by atoms with Gasteiger partial charge in [0.15, 0.2) is 0 Å². The first-order chi connectivity index (χ1) is 13.5. The van der Waals surface area contributed by atoms with Gasteiger partial charge in [0, 0.05) is 39.1 Å². The maximum atomic E-state index is 12.4. The van der Waals surface area contributed by atoms with Crippen molar-refractivity contribution in [3.63, 3.8) is 0 Å². The van der Waals surface area contributed by atoms with Gasteiger partial charge in [-0.1, -0.05) is 6.42 Å². The van der Waals surface area contributed by atoms with E-state index in [4.69, 9.17) is 31.4 Å². The van der Waals surface area contributed by atoms with E-state index in [2.05, 4.69) is 0 Å². The second-order valence-corrected chi connectivity index (χ2v) is 8.70. The van der Waals surface area contributed by atoms with Crippen LogP contribution in [0.3, 0.4) is 0 Å². The normalized spacial score (nSPS) is 22.5. The van der Waals surface area contributed by atoms with Gasteiger partial charge < -0.3 is 31.7 Å². The molecular weight excluding hydrogens is 440 g/mol. The Kier molecular flexibility index (Phi) is 10.7. The summed E-state index contributed by atoms with van der Waals surface area (Å²) in [6.07, 6.45) is -4.39. The Bertz CT molecular complexity index is 696. The Morgan fingerprint density at radius 3 is 2.17 bits per heavy atom. The summed E-state index contributed by atoms with van der Waals surface area (Å²) in [6, 6.07) is 0. The summed E-state index contributed by atoms with van der Waals surface area (Å²) in [7, 11) is -3.95. The van der Waals surface area contributed by atoms with Gasteiger partial charge in [0.1, 0.15) is 5.54 Å². The second-order valence-electron chi connectivity index (χ2n) is 6.67. The molecule has 0 aromatic carbocycles. The molecule has 17 heteroatoms. The fraction of sp³-hybridized carbons (Fsp3) is 0.846. The summed E-state index contributed by atoms with van der Waals surface area (Å²) < 4.78 is 58.7. The maximum absolute atomic E-state index is 12.4. The van der Waals surface area contributed by atoms with Crippen molar-refractivity contribution >= 4 is 29.3 Å². The predicted octanol–water partition coefficient (Wildman–Crippen LogP) is -2.28. The fourth-order valence-corrected chi connectivity index (χ4v) is 4.18. The molecule has 0 spiro atoms. The van der Waals surface area contributed by atoms with E-state index in [0.717, 1.165) is 8.61 Å². The molecule has 2 atom stereocenters. The van der Waals surface area contributed by atoms with E-state index in [-0.39, 0.29) is 38.9 Å². The molecule has 0 radical (unpaired) electrons. The number of rotatable bonds is 9. The van der Waals surface area contributed by atoms with E-state index in [1.165, 1.54) is 7.05 Å². The predicted molar refractivity (Wildman–Crippen MR) is 98.1 cm³/mol. The molecule has 30 heavy (non-hydrogen) atoms. The van der Waals surface area contributed by atoms with E-state index >= 15 is 0 Å². The number of hydrogen-bond acceptors (Lipinski definition) is 8. The first-order valence-electron chi connectivity index (χ1n) is 8.60. The topological polar surface area (TPSA) is 208 Å². The highest BCUT2D eigenvalue weighted by Gasteiger charge is 2.52. The van der Waals surface area contributed by atoms with Gasteiger partial charge in [0.25, 0.3) is 10.2 Å². The standard InChI is InChI=1S/C11H25BN4O6S.C2HF3O2/c1-15(6-5-13)23(21,22)16-7-9(3-2-4-12(19)20)11(14,8-16)10(17)18;3-2(4,5)1(6)7/h9,19-20H,2-8,13-14H2,1H3,(H,17,18);(H,6,7)/t9-,11-;/m0./s1. The molecule has 12 nitrogen and oxygen atoms in total. The summed E-state index contributed by atoms with van der Waals surface area (Å²) in [5.74, 6) is -4.64. The quantitative estimate of drug-likeness (QED) is 0.201. The molecule has 0 aromatic heterocycles. The molecule has 0 bridgehead atoms. The van der Waals surface area contributed by atoms with Gasteiger partial charge in [-0.15, -0.1) is 0 Å². The molecule has 1 heterocycles. The van der Waals surface area contributed by atoms with Crippen molar-refractivity contribution in [3.05, 3.63) is 0 Å². The number of aliphatic carboxylic acids is 2. The zero-order valence-electron chi connectivity index (χ0n) is 16.1. The van der Waals surface area contributed by atoms with Crippen LogP contribution >= 0.6 is 0 Å². The van der Waals surface area contributed by atoms with Crippen molar-refractivity contribution in [2.45, 2.75) is 30.9 Å². The first-order valence-corrected chi connectivity index (χ1v) is 9.99. The summed E-state index contributed by atoms with van der Waals surface area (Å²) >= 11 is 0. The van der Waals surface area contributed by atoms with Crippen LogP contribution in [-0.2, 0) is 19.8 Å². The molecule has 8 N–H and O–H groups in total. The molecule has 0 amide bonds. The van der Waals surface area contributed by atoms with Crippen molar-refractivity contribution in [2.75, 3.05) is 33.2 Å². The SMILES string of the molecule is CN(CCN)S(=O)(=O)N1C[C@H](CCCB(O)O)[C@](N)(C(=O)O)C1.O=C(O)C(F)(F)F. The minimum atomic E-state index is -5.08. The molecule has 1 rings (SSSR count). The monoisotopic (exact) mass is 466 g/mol. The Labute approximate surface area is 171 Å². The van der Waals surface area contributed by atoms with E-state index < -0.39 is 46.9 Å². The number of alkyl halides is 3. The van der Waals surface area contributed by atoms with Gasteiger partial charge in [-0.3, -0.25) is 4.79 Å². The van der Waals surface area contributed by atoms with E-state index in [1.807, 2.05) is 0 Å². The molecule has 0 aliphatic carbocycles. The lowest BCUT2D eigenvalue weighted by Gasteiger charge is -2.26. The lowest BCUT2D eigenvalue weighted by Crippen LogP contribution is -2.55. The number of likely N-dealkylation sites (N-methyl/N-ethyl adjacent to an activating group) is 1. The number of hydrogen-bond donors (Lipinski definition) is 6. The Morgan fingerprint density at radius 1 is 1.30 bits per heavy atom. The van der Waals surface area contributed by atoms with Crippen LogP contribution in [0.25, 0.3) is 0 Å². The van der Waals surface area contributed by atoms with Crippen molar-refractivity contribution in [3.8, 4) is 0 Å². The highest BCUT2D eigenvalue weighted by molar-refractivity contribution is 7.86. The summed E-state index contributed by atoms with van der Waals surface area (Å²) in [5, 5.41) is 34.2. The zero-order chi connectivity index (χ0) is 23.9. The number of halogens is 3. The third-order valence-electron chi connectivity index (χ3n) is 4.41. The molecule has 1 saturated heterocycles. The van der Waals surface area contributed by atoms with Gasteiger partial charge in [0.2, 0.25) is 0 Å². The molecule has 1 aliphatic heterocycles. The largest absolute Gasteiger partial charge is 0.490 e. The highest BCUT2D eigenvalue weighted by Crippen LogP contribution is 2.32. The number of carboxylic acid groups (broad SMARTS) is 2. The third-order valence-corrected chi connectivity index (χ3v) is 6.31. The Balaban J connectivity index is 0.00000103. The molecule has 0 aromatic rings. The van der Waals surface area contributed by atoms with Crippen LogP contribution < -0.4 is 11.5 Å². The van der Waals surface area contributed by atoms with Crippen LogP contribution in [0.1, 0.15) is 12.8 Å². The van der Waals surface area contributed by atoms with Crippen LogP contribution in [0.4, 0.5) is 13.2 Å². The molecule has 0 saturated carbocycles. The molecule has 0 unspecified atom stereocenters. The lowest BCUT2D eigenvalue weighted by molar-refractivity contribution is -0.192. The Morgan fingerprint density at radius 2 is 1.80 bits per heavy atom. The third kappa shape index (κ3) is 7.97. The van der Waals surface area contributed by atoms with E-state index in [0.29, 0.717) is 6.42 Å². The minimum absolute atomic E-state index is 0.0262. The number of carboxylic acids is 2. The lowest BCUT2D eigenvalue weighted by atomic mass is 9.78.